The molecule has 2 fully saturated rings. The van der Waals surface area contributed by atoms with Crippen LogP contribution in [0.4, 0.5) is 0 Å². The zero-order chi connectivity index (χ0) is 18.6. The van der Waals surface area contributed by atoms with Gasteiger partial charge in [0, 0.05) is 57.8 Å². The number of nitrogens with zero attached hydrogens (tertiary/aromatic N) is 3. The maximum Gasteiger partial charge on any atom is 0.253 e. The third kappa shape index (κ3) is 4.39. The molecule has 0 atom stereocenters. The average Bonchev–Trinajstić information content (AvgIpc) is 3.35. The van der Waals surface area contributed by atoms with Crippen LogP contribution in [0.1, 0.15) is 34.3 Å². The molecule has 5 nitrogen and oxygen atoms in total. The fraction of sp³-hybridized carbons (Fsp3) is 0.429. The highest BCUT2D eigenvalue weighted by Gasteiger charge is 2.23. The molecule has 3 heterocycles. The first kappa shape index (κ1) is 18.2. The minimum atomic E-state index is 0.106. The predicted molar refractivity (Wildman–Crippen MR) is 107 cm³/mol. The summed E-state index contributed by atoms with van der Waals surface area (Å²) in [7, 11) is 0. The second-order valence-corrected chi connectivity index (χ2v) is 8.10. The molecule has 0 unspecified atom stereocenters. The van der Waals surface area contributed by atoms with Crippen molar-refractivity contribution in [3.8, 4) is 0 Å². The van der Waals surface area contributed by atoms with E-state index in [4.69, 9.17) is 0 Å². The standard InChI is InChI=1S/C21H25N3O2S/c25-20-2-1-8-24(20)15-17-3-5-19(6-4-17)21(26)23-11-9-22(10-12-23)14-18-7-13-27-16-18/h3-7,13,16H,1-2,8-12,14-15H2. The molecule has 0 spiro atoms. The van der Waals surface area contributed by atoms with Crippen LogP contribution in [0, 0.1) is 0 Å². The van der Waals surface area contributed by atoms with Crippen molar-refractivity contribution in [2.24, 2.45) is 0 Å². The van der Waals surface area contributed by atoms with Gasteiger partial charge in [-0.2, -0.15) is 11.3 Å². The fourth-order valence-electron chi connectivity index (χ4n) is 3.78. The number of thiophene rings is 1. The zero-order valence-corrected chi connectivity index (χ0v) is 16.3. The first-order chi connectivity index (χ1) is 13.2. The second kappa shape index (κ2) is 8.23. The van der Waals surface area contributed by atoms with Gasteiger partial charge in [0.25, 0.3) is 5.91 Å². The first-order valence-electron chi connectivity index (χ1n) is 9.58. The topological polar surface area (TPSA) is 43.9 Å². The number of carbonyl (C=O) groups is 2. The smallest absolute Gasteiger partial charge is 0.253 e. The summed E-state index contributed by atoms with van der Waals surface area (Å²) in [5.41, 5.74) is 3.17. The van der Waals surface area contributed by atoms with E-state index >= 15 is 0 Å². The molecule has 2 aliphatic rings. The molecular weight excluding hydrogens is 358 g/mol. The van der Waals surface area contributed by atoms with Gasteiger partial charge in [-0.25, -0.2) is 0 Å². The fourth-order valence-corrected chi connectivity index (χ4v) is 4.44. The molecule has 0 aliphatic carbocycles. The van der Waals surface area contributed by atoms with Crippen LogP contribution < -0.4 is 0 Å². The highest BCUT2D eigenvalue weighted by Crippen LogP contribution is 2.17. The van der Waals surface area contributed by atoms with Gasteiger partial charge < -0.3 is 9.80 Å². The van der Waals surface area contributed by atoms with Crippen molar-refractivity contribution in [3.05, 3.63) is 57.8 Å². The zero-order valence-electron chi connectivity index (χ0n) is 15.5. The van der Waals surface area contributed by atoms with E-state index in [2.05, 4.69) is 21.7 Å². The van der Waals surface area contributed by atoms with Gasteiger partial charge in [0.2, 0.25) is 5.91 Å². The lowest BCUT2D eigenvalue weighted by Crippen LogP contribution is -2.48. The maximum atomic E-state index is 12.8. The Morgan fingerprint density at radius 3 is 2.33 bits per heavy atom. The predicted octanol–water partition coefficient (Wildman–Crippen LogP) is 2.83. The Hall–Kier alpha value is -2.18. The van der Waals surface area contributed by atoms with Crippen molar-refractivity contribution < 1.29 is 9.59 Å². The Morgan fingerprint density at radius 2 is 1.70 bits per heavy atom. The molecule has 142 valence electrons. The lowest BCUT2D eigenvalue weighted by Gasteiger charge is -2.34. The summed E-state index contributed by atoms with van der Waals surface area (Å²) >= 11 is 1.73. The SMILES string of the molecule is O=C1CCCN1Cc1ccc(C(=O)N2CCN(Cc3ccsc3)CC2)cc1. The van der Waals surface area contributed by atoms with Crippen molar-refractivity contribution in [1.82, 2.24) is 14.7 Å². The van der Waals surface area contributed by atoms with Gasteiger partial charge in [-0.1, -0.05) is 12.1 Å². The maximum absolute atomic E-state index is 12.8. The molecule has 2 amide bonds. The van der Waals surface area contributed by atoms with Crippen molar-refractivity contribution in [2.45, 2.75) is 25.9 Å². The molecule has 2 saturated heterocycles. The lowest BCUT2D eigenvalue weighted by atomic mass is 10.1. The third-order valence-corrected chi connectivity index (χ3v) is 6.12. The van der Waals surface area contributed by atoms with E-state index < -0.39 is 0 Å². The van der Waals surface area contributed by atoms with Gasteiger partial charge in [-0.05, 0) is 46.5 Å². The monoisotopic (exact) mass is 383 g/mol. The van der Waals surface area contributed by atoms with E-state index in [1.54, 1.807) is 11.3 Å². The Labute approximate surface area is 164 Å². The van der Waals surface area contributed by atoms with Gasteiger partial charge in [-0.15, -0.1) is 0 Å². The summed E-state index contributed by atoms with van der Waals surface area (Å²) in [4.78, 5) is 30.8. The molecule has 0 N–H and O–H groups in total. The molecule has 0 radical (unpaired) electrons. The number of hydrogen-bond acceptors (Lipinski definition) is 4. The number of amides is 2. The Morgan fingerprint density at radius 1 is 0.926 bits per heavy atom. The molecule has 2 aromatic rings. The van der Waals surface area contributed by atoms with Gasteiger partial charge in [0.15, 0.2) is 0 Å². The number of hydrogen-bond donors (Lipinski definition) is 0. The minimum Gasteiger partial charge on any atom is -0.338 e. The van der Waals surface area contributed by atoms with Crippen LogP contribution in [0.25, 0.3) is 0 Å². The lowest BCUT2D eigenvalue weighted by molar-refractivity contribution is -0.128. The van der Waals surface area contributed by atoms with Crippen molar-refractivity contribution >= 4 is 23.2 Å². The highest BCUT2D eigenvalue weighted by atomic mass is 32.1. The van der Waals surface area contributed by atoms with Gasteiger partial charge in [0.1, 0.15) is 0 Å². The van der Waals surface area contributed by atoms with Crippen LogP contribution in [0.5, 0.6) is 0 Å². The summed E-state index contributed by atoms with van der Waals surface area (Å²) in [6, 6.07) is 9.92. The van der Waals surface area contributed by atoms with E-state index in [1.807, 2.05) is 34.1 Å². The van der Waals surface area contributed by atoms with Gasteiger partial charge in [0.05, 0.1) is 0 Å². The average molecular weight is 384 g/mol. The van der Waals surface area contributed by atoms with Crippen LogP contribution in [-0.2, 0) is 17.9 Å². The molecular formula is C21H25N3O2S. The number of likely N-dealkylation sites (tertiary alicyclic amines) is 1. The third-order valence-electron chi connectivity index (χ3n) is 5.39. The van der Waals surface area contributed by atoms with E-state index in [0.29, 0.717) is 13.0 Å². The summed E-state index contributed by atoms with van der Waals surface area (Å²) in [6.07, 6.45) is 1.61. The molecule has 2 aliphatic heterocycles. The summed E-state index contributed by atoms with van der Waals surface area (Å²) in [5.74, 6) is 0.337. The quantitative estimate of drug-likeness (QED) is 0.797. The summed E-state index contributed by atoms with van der Waals surface area (Å²) < 4.78 is 0. The molecule has 0 bridgehead atoms. The highest BCUT2D eigenvalue weighted by molar-refractivity contribution is 7.07. The van der Waals surface area contributed by atoms with Crippen molar-refractivity contribution in [3.63, 3.8) is 0 Å². The normalized spacial score (nSPS) is 18.3. The summed E-state index contributed by atoms with van der Waals surface area (Å²) in [5, 5.41) is 4.30. The van der Waals surface area contributed by atoms with E-state index in [1.165, 1.54) is 5.56 Å². The van der Waals surface area contributed by atoms with Crippen molar-refractivity contribution in [1.29, 1.82) is 0 Å². The molecule has 4 rings (SSSR count). The molecule has 1 aromatic carbocycles. The van der Waals surface area contributed by atoms with E-state index in [9.17, 15) is 9.59 Å². The molecule has 0 saturated carbocycles. The number of benzene rings is 1. The number of carbonyl (C=O) groups excluding carboxylic acids is 2. The van der Waals surface area contributed by atoms with E-state index in [-0.39, 0.29) is 11.8 Å². The van der Waals surface area contributed by atoms with Crippen LogP contribution in [0.3, 0.4) is 0 Å². The Kier molecular flexibility index (Phi) is 5.55. The van der Waals surface area contributed by atoms with Gasteiger partial charge in [-0.3, -0.25) is 14.5 Å². The second-order valence-electron chi connectivity index (χ2n) is 7.32. The number of rotatable bonds is 5. The van der Waals surface area contributed by atoms with E-state index in [0.717, 1.165) is 56.8 Å². The summed E-state index contributed by atoms with van der Waals surface area (Å²) in [6.45, 7) is 5.83. The van der Waals surface area contributed by atoms with Crippen LogP contribution >= 0.6 is 11.3 Å². The van der Waals surface area contributed by atoms with Crippen molar-refractivity contribution in [2.75, 3.05) is 32.7 Å². The molecule has 6 heteroatoms. The Balaban J connectivity index is 1.30. The van der Waals surface area contributed by atoms with Crippen LogP contribution in [0.15, 0.2) is 41.1 Å². The largest absolute Gasteiger partial charge is 0.338 e. The Bertz CT molecular complexity index is 780. The molecule has 1 aromatic heterocycles. The first-order valence-corrected chi connectivity index (χ1v) is 10.5. The van der Waals surface area contributed by atoms with Crippen LogP contribution in [-0.4, -0.2) is 59.2 Å². The molecule has 27 heavy (non-hydrogen) atoms. The number of piperazine rings is 1. The van der Waals surface area contributed by atoms with Crippen LogP contribution in [0.2, 0.25) is 0 Å². The minimum absolute atomic E-state index is 0.106. The van der Waals surface area contributed by atoms with Gasteiger partial charge >= 0.3 is 0 Å².